The van der Waals surface area contributed by atoms with Gasteiger partial charge in [-0.05, 0) is 39.0 Å². The molecule has 1 unspecified atom stereocenters. The van der Waals surface area contributed by atoms with Crippen molar-refractivity contribution in [1.82, 2.24) is 19.7 Å². The van der Waals surface area contributed by atoms with Crippen LogP contribution in [-0.4, -0.2) is 26.3 Å². The molecular weight excluding hydrogens is 298 g/mol. The number of halogens is 1. The zero-order valence-corrected chi connectivity index (χ0v) is 13.8. The van der Waals surface area contributed by atoms with Gasteiger partial charge in [0.25, 0.3) is 0 Å². The molecule has 1 saturated heterocycles. The van der Waals surface area contributed by atoms with Gasteiger partial charge in [-0.2, -0.15) is 5.10 Å². The van der Waals surface area contributed by atoms with Gasteiger partial charge in [0.2, 0.25) is 0 Å². The molecule has 2 aromatic heterocycles. The maximum Gasteiger partial charge on any atom is 0.135 e. The van der Waals surface area contributed by atoms with E-state index >= 15 is 0 Å². The van der Waals surface area contributed by atoms with Crippen molar-refractivity contribution >= 4 is 17.4 Å². The van der Waals surface area contributed by atoms with Gasteiger partial charge in [-0.25, -0.2) is 9.97 Å². The van der Waals surface area contributed by atoms with Crippen LogP contribution in [-0.2, 0) is 19.9 Å². The van der Waals surface area contributed by atoms with E-state index in [-0.39, 0.29) is 6.04 Å². The molecular formula is C16H20ClN5. The fourth-order valence-electron chi connectivity index (χ4n) is 3.94. The molecule has 0 N–H and O–H groups in total. The van der Waals surface area contributed by atoms with Crippen molar-refractivity contribution in [2.75, 3.05) is 11.4 Å². The summed E-state index contributed by atoms with van der Waals surface area (Å²) in [6.45, 7) is 3.07. The van der Waals surface area contributed by atoms with Crippen molar-refractivity contribution < 1.29 is 0 Å². The highest BCUT2D eigenvalue weighted by Crippen LogP contribution is 2.41. The highest BCUT2D eigenvalue weighted by Gasteiger charge is 2.34. The van der Waals surface area contributed by atoms with Crippen LogP contribution in [0.5, 0.6) is 0 Å². The van der Waals surface area contributed by atoms with Gasteiger partial charge in [0, 0.05) is 30.4 Å². The molecule has 4 rings (SSSR count). The molecule has 0 bridgehead atoms. The summed E-state index contributed by atoms with van der Waals surface area (Å²) in [5.41, 5.74) is 4.75. The standard InChI is InChI=1S/C16H20ClN5/c1-10-14(15(17)21(2)20-10)13-7-4-8-22(13)16-11-5-3-6-12(11)18-9-19-16/h9,13H,3-8H2,1-2H3. The minimum Gasteiger partial charge on any atom is -0.349 e. The summed E-state index contributed by atoms with van der Waals surface area (Å²) in [5, 5.41) is 5.23. The summed E-state index contributed by atoms with van der Waals surface area (Å²) >= 11 is 6.51. The molecule has 22 heavy (non-hydrogen) atoms. The summed E-state index contributed by atoms with van der Waals surface area (Å²) in [4.78, 5) is 11.5. The molecule has 6 heteroatoms. The number of fused-ring (bicyclic) bond motifs is 1. The minimum atomic E-state index is 0.279. The van der Waals surface area contributed by atoms with E-state index < -0.39 is 0 Å². The Kier molecular flexibility index (Phi) is 3.33. The van der Waals surface area contributed by atoms with Crippen molar-refractivity contribution in [3.05, 3.63) is 34.0 Å². The lowest BCUT2D eigenvalue weighted by molar-refractivity contribution is 0.701. The molecule has 5 nitrogen and oxygen atoms in total. The van der Waals surface area contributed by atoms with Crippen LogP contribution in [0, 0.1) is 6.92 Å². The lowest BCUT2D eigenvalue weighted by Gasteiger charge is -2.27. The SMILES string of the molecule is Cc1nn(C)c(Cl)c1C1CCCN1c1ncnc2c1CCC2. The smallest absolute Gasteiger partial charge is 0.135 e. The molecule has 2 aliphatic rings. The number of hydrogen-bond donors (Lipinski definition) is 0. The van der Waals surface area contributed by atoms with Gasteiger partial charge in [-0.15, -0.1) is 0 Å². The maximum atomic E-state index is 6.51. The fraction of sp³-hybridized carbons (Fsp3) is 0.562. The van der Waals surface area contributed by atoms with Crippen LogP contribution in [0.3, 0.4) is 0 Å². The van der Waals surface area contributed by atoms with E-state index in [9.17, 15) is 0 Å². The van der Waals surface area contributed by atoms with Gasteiger partial charge in [0.05, 0.1) is 11.7 Å². The Labute approximate surface area is 135 Å². The molecule has 0 radical (unpaired) electrons. The van der Waals surface area contributed by atoms with Crippen LogP contribution in [0.25, 0.3) is 0 Å². The van der Waals surface area contributed by atoms with E-state index in [1.807, 2.05) is 14.0 Å². The van der Waals surface area contributed by atoms with Gasteiger partial charge in [0.15, 0.2) is 0 Å². The molecule has 1 fully saturated rings. The normalized spacial score (nSPS) is 20.7. The van der Waals surface area contributed by atoms with Gasteiger partial charge < -0.3 is 4.90 Å². The van der Waals surface area contributed by atoms with Crippen LogP contribution in [0.1, 0.15) is 47.8 Å². The second-order valence-corrected chi connectivity index (χ2v) is 6.60. The molecule has 116 valence electrons. The third-order valence-corrected chi connectivity index (χ3v) is 5.35. The van der Waals surface area contributed by atoms with Crippen LogP contribution >= 0.6 is 11.6 Å². The van der Waals surface area contributed by atoms with Crippen LogP contribution in [0.2, 0.25) is 5.15 Å². The van der Waals surface area contributed by atoms with E-state index in [1.165, 1.54) is 17.7 Å². The topological polar surface area (TPSA) is 46.8 Å². The predicted molar refractivity (Wildman–Crippen MR) is 86.3 cm³/mol. The largest absolute Gasteiger partial charge is 0.349 e. The molecule has 1 aliphatic carbocycles. The van der Waals surface area contributed by atoms with Gasteiger partial charge in [-0.3, -0.25) is 4.68 Å². The number of nitrogens with zero attached hydrogens (tertiary/aromatic N) is 5. The maximum absolute atomic E-state index is 6.51. The first-order chi connectivity index (χ1) is 10.7. The fourth-order valence-corrected chi connectivity index (χ4v) is 4.24. The summed E-state index contributed by atoms with van der Waals surface area (Å²) in [6, 6.07) is 0.279. The van der Waals surface area contributed by atoms with Gasteiger partial charge in [0.1, 0.15) is 17.3 Å². The summed E-state index contributed by atoms with van der Waals surface area (Å²) in [7, 11) is 1.90. The molecule has 0 amide bonds. The van der Waals surface area contributed by atoms with Crippen molar-refractivity contribution in [1.29, 1.82) is 0 Å². The lowest BCUT2D eigenvalue weighted by atomic mass is 10.1. The number of hydrogen-bond acceptors (Lipinski definition) is 4. The van der Waals surface area contributed by atoms with E-state index in [1.54, 1.807) is 11.0 Å². The third kappa shape index (κ3) is 2.02. The Balaban J connectivity index is 1.78. The average molecular weight is 318 g/mol. The Morgan fingerprint density at radius 3 is 2.86 bits per heavy atom. The minimum absolute atomic E-state index is 0.279. The zero-order chi connectivity index (χ0) is 15.3. The van der Waals surface area contributed by atoms with Crippen molar-refractivity contribution in [3.63, 3.8) is 0 Å². The van der Waals surface area contributed by atoms with E-state index in [4.69, 9.17) is 11.6 Å². The molecule has 0 saturated carbocycles. The first-order valence-electron chi connectivity index (χ1n) is 7.95. The third-order valence-electron chi connectivity index (χ3n) is 4.91. The molecule has 2 aromatic rings. The van der Waals surface area contributed by atoms with Gasteiger partial charge in [-0.1, -0.05) is 11.6 Å². The second-order valence-electron chi connectivity index (χ2n) is 6.24. The Morgan fingerprint density at radius 2 is 2.09 bits per heavy atom. The quantitative estimate of drug-likeness (QED) is 0.854. The highest BCUT2D eigenvalue weighted by atomic mass is 35.5. The molecule has 3 heterocycles. The van der Waals surface area contributed by atoms with Crippen LogP contribution in [0.4, 0.5) is 5.82 Å². The number of aromatic nitrogens is 4. The first-order valence-corrected chi connectivity index (χ1v) is 8.33. The number of aryl methyl sites for hydroxylation is 3. The average Bonchev–Trinajstić information content (AvgIpc) is 3.19. The predicted octanol–water partition coefficient (Wildman–Crippen LogP) is 3.00. The van der Waals surface area contributed by atoms with Gasteiger partial charge >= 0.3 is 0 Å². The van der Waals surface area contributed by atoms with Crippen LogP contribution in [0.15, 0.2) is 6.33 Å². The zero-order valence-electron chi connectivity index (χ0n) is 13.0. The Morgan fingerprint density at radius 1 is 1.23 bits per heavy atom. The Hall–Kier alpha value is -1.62. The summed E-state index contributed by atoms with van der Waals surface area (Å²) < 4.78 is 1.77. The second kappa shape index (κ2) is 5.23. The molecule has 1 atom stereocenters. The summed E-state index contributed by atoms with van der Waals surface area (Å²) in [5.74, 6) is 1.12. The molecule has 0 spiro atoms. The molecule has 1 aliphatic heterocycles. The van der Waals surface area contributed by atoms with E-state index in [0.717, 1.165) is 54.5 Å². The van der Waals surface area contributed by atoms with Crippen molar-refractivity contribution in [2.24, 2.45) is 7.05 Å². The van der Waals surface area contributed by atoms with Crippen molar-refractivity contribution in [2.45, 2.75) is 45.1 Å². The monoisotopic (exact) mass is 317 g/mol. The molecule has 0 aromatic carbocycles. The first kappa shape index (κ1) is 14.0. The summed E-state index contributed by atoms with van der Waals surface area (Å²) in [6.07, 6.45) is 7.34. The van der Waals surface area contributed by atoms with E-state index in [0.29, 0.717) is 0 Å². The van der Waals surface area contributed by atoms with Crippen molar-refractivity contribution in [3.8, 4) is 0 Å². The number of anilines is 1. The number of rotatable bonds is 2. The van der Waals surface area contributed by atoms with Crippen LogP contribution < -0.4 is 4.90 Å². The van der Waals surface area contributed by atoms with E-state index in [2.05, 4.69) is 20.0 Å². The highest BCUT2D eigenvalue weighted by molar-refractivity contribution is 6.30. The Bertz CT molecular complexity index is 724. The lowest BCUT2D eigenvalue weighted by Crippen LogP contribution is -2.25.